The van der Waals surface area contributed by atoms with Gasteiger partial charge in [-0.25, -0.2) is 15.0 Å². The number of nitrogens with one attached hydrogen (secondary N) is 2. The zero-order valence-corrected chi connectivity index (χ0v) is 10.8. The van der Waals surface area contributed by atoms with Crippen molar-refractivity contribution in [1.82, 2.24) is 19.9 Å². The first kappa shape index (κ1) is 13.3. The van der Waals surface area contributed by atoms with Gasteiger partial charge in [-0.05, 0) is 0 Å². The van der Waals surface area contributed by atoms with Gasteiger partial charge in [-0.2, -0.15) is 15.0 Å². The van der Waals surface area contributed by atoms with Gasteiger partial charge in [0.1, 0.15) is 6.34 Å². The number of hydrogen-bond acceptors (Lipinski definition) is 9. The lowest BCUT2D eigenvalue weighted by Crippen LogP contribution is -2.28. The molecule has 0 saturated heterocycles. The van der Waals surface area contributed by atoms with Crippen molar-refractivity contribution in [3.8, 4) is 0 Å². The summed E-state index contributed by atoms with van der Waals surface area (Å²) in [5.41, 5.74) is 11.0. The monoisotopic (exact) mass is 300 g/mol. The number of fused-ring (bicyclic) bond motifs is 2. The van der Waals surface area contributed by atoms with Crippen molar-refractivity contribution < 1.29 is 4.79 Å². The van der Waals surface area contributed by atoms with E-state index in [9.17, 15) is 9.59 Å². The molecule has 0 aliphatic carbocycles. The van der Waals surface area contributed by atoms with Crippen LogP contribution < -0.4 is 17.0 Å². The number of carbonyl (C=O) groups is 1. The summed E-state index contributed by atoms with van der Waals surface area (Å²) in [6.07, 6.45) is 2.65. The van der Waals surface area contributed by atoms with Crippen molar-refractivity contribution >= 4 is 46.9 Å². The topological polar surface area (TPSA) is 193 Å². The van der Waals surface area contributed by atoms with Crippen molar-refractivity contribution in [1.29, 1.82) is 0 Å². The lowest BCUT2D eigenvalue weighted by molar-refractivity contribution is -0.111. The molecule has 0 aromatic carbocycles. The van der Waals surface area contributed by atoms with Crippen molar-refractivity contribution in [2.45, 2.75) is 0 Å². The first-order valence-electron chi connectivity index (χ1n) is 5.81. The molecule has 0 bridgehead atoms. The number of amides is 1. The van der Waals surface area contributed by atoms with Gasteiger partial charge in [0.15, 0.2) is 22.7 Å². The number of aromatic amines is 2. The minimum Gasteiger partial charge on any atom is -0.369 e. The fourth-order valence-corrected chi connectivity index (χ4v) is 1.64. The highest BCUT2D eigenvalue weighted by molar-refractivity contribution is 6.71. The normalized spacial score (nSPS) is 15.6. The molecule has 2 aliphatic rings. The Labute approximate surface area is 120 Å². The van der Waals surface area contributed by atoms with E-state index in [0.29, 0.717) is 11.2 Å². The predicted octanol–water partition coefficient (Wildman–Crippen LogP) is -2.05. The number of carbonyl (C=O) groups excluding carboxylic acids is 1. The Bertz CT molecular complexity index is 944. The summed E-state index contributed by atoms with van der Waals surface area (Å²) < 4.78 is 0. The van der Waals surface area contributed by atoms with Gasteiger partial charge in [-0.3, -0.25) is 14.6 Å². The van der Waals surface area contributed by atoms with E-state index in [-0.39, 0.29) is 29.0 Å². The Morgan fingerprint density at radius 1 is 1.14 bits per heavy atom. The van der Waals surface area contributed by atoms with Crippen molar-refractivity contribution in [2.75, 3.05) is 5.73 Å². The second kappa shape index (κ2) is 5.01. The maximum absolute atomic E-state index is 11.0. The largest absolute Gasteiger partial charge is 0.369 e. The fourth-order valence-electron chi connectivity index (χ4n) is 1.64. The highest BCUT2D eigenvalue weighted by Crippen LogP contribution is 2.02. The van der Waals surface area contributed by atoms with Gasteiger partial charge in [-0.15, -0.1) is 0 Å². The number of hydrogen-bond donors (Lipinski definition) is 4. The molecule has 0 radical (unpaired) electrons. The molecule has 110 valence electrons. The Kier molecular flexibility index (Phi) is 3.02. The molecule has 12 heteroatoms. The quantitative estimate of drug-likeness (QED) is 0.432. The molecule has 0 spiro atoms. The van der Waals surface area contributed by atoms with E-state index >= 15 is 0 Å². The number of imidazole rings is 1. The van der Waals surface area contributed by atoms with E-state index in [0.717, 1.165) is 0 Å². The highest BCUT2D eigenvalue weighted by atomic mass is 16.1. The second-order valence-electron chi connectivity index (χ2n) is 3.99. The maximum atomic E-state index is 11.0. The first-order chi connectivity index (χ1) is 10.5. The number of aliphatic imine (C=N–C) groups is 4. The number of rotatable bonds is 0. The van der Waals surface area contributed by atoms with Crippen LogP contribution in [0.4, 0.5) is 5.95 Å². The predicted molar refractivity (Wildman–Crippen MR) is 78.9 cm³/mol. The molecule has 6 N–H and O–H groups in total. The number of nitrogens with two attached hydrogens (primary N) is 2. The Hall–Kier alpha value is -3.70. The van der Waals surface area contributed by atoms with Gasteiger partial charge in [0.25, 0.3) is 5.56 Å². The van der Waals surface area contributed by atoms with E-state index in [2.05, 4.69) is 39.9 Å². The number of nitrogen functional groups attached to an aromatic ring is 1. The van der Waals surface area contributed by atoms with Crippen molar-refractivity contribution in [2.24, 2.45) is 25.7 Å². The molecule has 12 nitrogen and oxygen atoms in total. The number of nitrogens with zero attached hydrogens (tertiary/aromatic N) is 6. The summed E-state index contributed by atoms with van der Waals surface area (Å²) in [4.78, 5) is 48.9. The summed E-state index contributed by atoms with van der Waals surface area (Å²) >= 11 is 0. The Balaban J connectivity index is 0.000000131. The SMILES string of the molecule is NC1=NC(=O)C2=NC=NC2=N1.Nc1nc2nc[nH]c2c(=O)[nH]1. The van der Waals surface area contributed by atoms with Gasteiger partial charge < -0.3 is 16.5 Å². The molecule has 1 amide bonds. The van der Waals surface area contributed by atoms with E-state index in [1.807, 2.05) is 0 Å². The number of H-pyrrole nitrogens is 2. The van der Waals surface area contributed by atoms with Crippen LogP contribution in [0.3, 0.4) is 0 Å². The van der Waals surface area contributed by atoms with Gasteiger partial charge >= 0.3 is 5.91 Å². The van der Waals surface area contributed by atoms with E-state index in [1.54, 1.807) is 0 Å². The fraction of sp³-hybridized carbons (Fsp3) is 0. The van der Waals surface area contributed by atoms with Gasteiger partial charge in [-0.1, -0.05) is 0 Å². The standard InChI is InChI=1S/C5H5N5O.C5H3N5O/c2*6-5-9-3-2(4(11)10-5)7-1-8-3/h1H,(H4,6,7,8,9,10,11);1H,(H2,6,10,11). The lowest BCUT2D eigenvalue weighted by atomic mass is 10.3. The van der Waals surface area contributed by atoms with Crippen molar-refractivity contribution in [3.63, 3.8) is 0 Å². The van der Waals surface area contributed by atoms with Crippen LogP contribution in [0.2, 0.25) is 0 Å². The average molecular weight is 300 g/mol. The number of anilines is 1. The minimum absolute atomic E-state index is 0.0667. The number of amidine groups is 1. The summed E-state index contributed by atoms with van der Waals surface area (Å²) in [5.74, 6) is -0.217. The van der Waals surface area contributed by atoms with Crippen LogP contribution in [0.5, 0.6) is 0 Å². The smallest absolute Gasteiger partial charge is 0.302 e. The van der Waals surface area contributed by atoms with E-state index < -0.39 is 5.91 Å². The summed E-state index contributed by atoms with van der Waals surface area (Å²) in [5, 5.41) is 0. The third kappa shape index (κ3) is 2.35. The molecule has 4 heterocycles. The second-order valence-corrected chi connectivity index (χ2v) is 3.99. The molecule has 2 aromatic heterocycles. The average Bonchev–Trinajstić information content (AvgIpc) is 3.07. The third-order valence-corrected chi connectivity index (χ3v) is 2.53. The minimum atomic E-state index is -0.481. The Morgan fingerprint density at radius 2 is 1.95 bits per heavy atom. The van der Waals surface area contributed by atoms with Crippen LogP contribution in [-0.2, 0) is 4.79 Å². The molecular formula is C10H8N10O2. The molecule has 2 aliphatic heterocycles. The van der Waals surface area contributed by atoms with Crippen LogP contribution in [0.25, 0.3) is 11.2 Å². The van der Waals surface area contributed by atoms with Crippen molar-refractivity contribution in [3.05, 3.63) is 16.7 Å². The van der Waals surface area contributed by atoms with Gasteiger partial charge in [0.05, 0.1) is 6.33 Å². The molecule has 0 fully saturated rings. The zero-order valence-electron chi connectivity index (χ0n) is 10.8. The molecule has 2 aromatic rings. The van der Waals surface area contributed by atoms with Crippen LogP contribution in [0, 0.1) is 0 Å². The molecular weight excluding hydrogens is 292 g/mol. The first-order valence-corrected chi connectivity index (χ1v) is 5.81. The molecule has 4 rings (SSSR count). The Morgan fingerprint density at radius 3 is 2.77 bits per heavy atom. The summed E-state index contributed by atoms with van der Waals surface area (Å²) in [6, 6.07) is 0. The molecule has 0 unspecified atom stereocenters. The van der Waals surface area contributed by atoms with E-state index in [1.165, 1.54) is 12.7 Å². The zero-order chi connectivity index (χ0) is 15.7. The van der Waals surface area contributed by atoms with Crippen LogP contribution in [0.15, 0.2) is 31.1 Å². The van der Waals surface area contributed by atoms with Gasteiger partial charge in [0.2, 0.25) is 11.9 Å². The van der Waals surface area contributed by atoms with Crippen LogP contribution in [-0.4, -0.2) is 49.7 Å². The summed E-state index contributed by atoms with van der Waals surface area (Å²) in [7, 11) is 0. The highest BCUT2D eigenvalue weighted by Gasteiger charge is 2.24. The van der Waals surface area contributed by atoms with Gasteiger partial charge in [0, 0.05) is 0 Å². The molecule has 0 saturated carbocycles. The van der Waals surface area contributed by atoms with E-state index in [4.69, 9.17) is 11.5 Å². The lowest BCUT2D eigenvalue weighted by Gasteiger charge is -2.01. The summed E-state index contributed by atoms with van der Waals surface area (Å²) in [6.45, 7) is 0. The number of aromatic nitrogens is 4. The number of guanidine groups is 1. The molecule has 22 heavy (non-hydrogen) atoms. The third-order valence-electron chi connectivity index (χ3n) is 2.53. The maximum Gasteiger partial charge on any atom is 0.302 e. The molecule has 0 atom stereocenters. The van der Waals surface area contributed by atoms with Crippen LogP contribution >= 0.6 is 0 Å². The van der Waals surface area contributed by atoms with Crippen LogP contribution in [0.1, 0.15) is 0 Å².